The van der Waals surface area contributed by atoms with Gasteiger partial charge in [-0.25, -0.2) is 12.8 Å². The Labute approximate surface area is 233 Å². The highest BCUT2D eigenvalue weighted by molar-refractivity contribution is 7.92. The monoisotopic (exact) mass is 564 g/mol. The van der Waals surface area contributed by atoms with E-state index in [-0.39, 0.29) is 11.8 Å². The van der Waals surface area contributed by atoms with Gasteiger partial charge < -0.3 is 25.4 Å². The van der Waals surface area contributed by atoms with Crippen LogP contribution in [0.25, 0.3) is 11.0 Å². The van der Waals surface area contributed by atoms with Crippen LogP contribution < -0.4 is 19.8 Å². The Morgan fingerprint density at radius 1 is 1.05 bits per heavy atom. The first-order valence-electron chi connectivity index (χ1n) is 13.3. The molecule has 2 fully saturated rings. The Hall–Kier alpha value is -3.90. The summed E-state index contributed by atoms with van der Waals surface area (Å²) in [5.41, 5.74) is 3.08. The number of rotatable bonds is 7. The Kier molecular flexibility index (Phi) is 6.54. The third-order valence-electron chi connectivity index (χ3n) is 8.05. The third kappa shape index (κ3) is 5.04. The lowest BCUT2D eigenvalue weighted by atomic mass is 9.72. The molecule has 10 nitrogen and oxygen atoms in total. The van der Waals surface area contributed by atoms with E-state index in [4.69, 9.17) is 0 Å². The number of hydrogen-bond donors (Lipinski definition) is 3. The standard InChI is InChI=1S/C28H33FN8O2S/c1-35-14-11-28(12-15-35)17-37(18-28)23-9-8-19(16-21(23)29)31-27-33-25-20(10-13-30-25)26(34-27)32-22-6-4-5-7-24(22)36(2)40(3,38)39/h4-10,13,16H,11-12,14-15,17-18H2,1-3H3,(H3,30,31,32,33,34). The van der Waals surface area contributed by atoms with Crippen molar-refractivity contribution < 1.29 is 12.8 Å². The number of benzene rings is 2. The number of aromatic amines is 1. The molecular weight excluding hydrogens is 531 g/mol. The number of piperidine rings is 1. The number of nitrogens with zero attached hydrogens (tertiary/aromatic N) is 5. The van der Waals surface area contributed by atoms with Gasteiger partial charge in [0.15, 0.2) is 0 Å². The van der Waals surface area contributed by atoms with E-state index in [1.807, 2.05) is 24.3 Å². The van der Waals surface area contributed by atoms with Gasteiger partial charge in [0.1, 0.15) is 17.3 Å². The molecule has 0 bridgehead atoms. The van der Waals surface area contributed by atoms with Gasteiger partial charge in [0.25, 0.3) is 0 Å². The van der Waals surface area contributed by atoms with Crippen LogP contribution in [0.15, 0.2) is 54.7 Å². The second-order valence-electron chi connectivity index (χ2n) is 11.0. The molecule has 2 aromatic heterocycles. The van der Waals surface area contributed by atoms with E-state index in [1.165, 1.54) is 17.4 Å². The molecule has 4 aromatic rings. The van der Waals surface area contributed by atoms with E-state index in [0.717, 1.165) is 50.7 Å². The largest absolute Gasteiger partial charge is 0.368 e. The number of aromatic nitrogens is 3. The Morgan fingerprint density at radius 3 is 2.52 bits per heavy atom. The van der Waals surface area contributed by atoms with Crippen molar-refractivity contribution in [3.05, 3.63) is 60.5 Å². The van der Waals surface area contributed by atoms with Crippen LogP contribution in [0.5, 0.6) is 0 Å². The van der Waals surface area contributed by atoms with Crippen molar-refractivity contribution >= 4 is 55.6 Å². The highest BCUT2D eigenvalue weighted by atomic mass is 32.2. The molecular formula is C28H33FN8O2S. The predicted molar refractivity (Wildman–Crippen MR) is 158 cm³/mol. The summed E-state index contributed by atoms with van der Waals surface area (Å²) in [4.78, 5) is 16.8. The van der Waals surface area contributed by atoms with Gasteiger partial charge in [-0.05, 0) is 69.4 Å². The molecule has 210 valence electrons. The van der Waals surface area contributed by atoms with Crippen LogP contribution in [-0.4, -0.2) is 74.8 Å². The second-order valence-corrected chi connectivity index (χ2v) is 13.0. The smallest absolute Gasteiger partial charge is 0.232 e. The molecule has 0 amide bonds. The molecule has 3 N–H and O–H groups in total. The van der Waals surface area contributed by atoms with E-state index >= 15 is 4.39 Å². The topological polar surface area (TPSA) is 109 Å². The summed E-state index contributed by atoms with van der Waals surface area (Å²) in [5.74, 6) is 0.460. The molecule has 2 aliphatic heterocycles. The minimum Gasteiger partial charge on any atom is -0.368 e. The molecule has 2 aromatic carbocycles. The van der Waals surface area contributed by atoms with Crippen LogP contribution in [-0.2, 0) is 10.0 Å². The number of likely N-dealkylation sites (tertiary alicyclic amines) is 1. The molecule has 0 unspecified atom stereocenters. The molecule has 0 atom stereocenters. The number of H-pyrrole nitrogens is 1. The van der Waals surface area contributed by atoms with Crippen molar-refractivity contribution in [1.29, 1.82) is 0 Å². The van der Waals surface area contributed by atoms with Gasteiger partial charge in [0.05, 0.1) is 28.7 Å². The molecule has 2 saturated heterocycles. The first-order chi connectivity index (χ1) is 19.1. The zero-order chi connectivity index (χ0) is 28.1. The molecule has 0 saturated carbocycles. The number of halogens is 1. The fourth-order valence-corrected chi connectivity index (χ4v) is 6.08. The number of nitrogens with one attached hydrogen (secondary N) is 3. The Balaban J connectivity index is 1.22. The first-order valence-corrected chi connectivity index (χ1v) is 15.1. The maximum atomic E-state index is 15.2. The number of fused-ring (bicyclic) bond motifs is 1. The highest BCUT2D eigenvalue weighted by Gasteiger charge is 2.45. The lowest BCUT2D eigenvalue weighted by molar-refractivity contribution is 0.0901. The number of sulfonamides is 1. The number of anilines is 6. The molecule has 6 rings (SSSR count). The van der Waals surface area contributed by atoms with Crippen LogP contribution >= 0.6 is 0 Å². The molecule has 1 spiro atoms. The van der Waals surface area contributed by atoms with Gasteiger partial charge >= 0.3 is 0 Å². The van der Waals surface area contributed by atoms with Gasteiger partial charge in [-0.2, -0.15) is 9.97 Å². The fraction of sp³-hybridized carbons (Fsp3) is 0.357. The average molecular weight is 565 g/mol. The van der Waals surface area contributed by atoms with Gasteiger partial charge in [-0.15, -0.1) is 0 Å². The highest BCUT2D eigenvalue weighted by Crippen LogP contribution is 2.43. The summed E-state index contributed by atoms with van der Waals surface area (Å²) in [6.45, 7) is 3.98. The third-order valence-corrected chi connectivity index (χ3v) is 9.25. The van der Waals surface area contributed by atoms with Gasteiger partial charge in [-0.3, -0.25) is 4.31 Å². The molecule has 2 aliphatic rings. The number of hydrogen-bond acceptors (Lipinski definition) is 8. The van der Waals surface area contributed by atoms with Crippen molar-refractivity contribution in [2.24, 2.45) is 5.41 Å². The van der Waals surface area contributed by atoms with Gasteiger partial charge in [0, 0.05) is 37.4 Å². The average Bonchev–Trinajstić information content (AvgIpc) is 3.37. The van der Waals surface area contributed by atoms with E-state index in [1.54, 1.807) is 24.4 Å². The van der Waals surface area contributed by atoms with Crippen molar-refractivity contribution in [1.82, 2.24) is 19.9 Å². The zero-order valence-electron chi connectivity index (χ0n) is 22.8. The summed E-state index contributed by atoms with van der Waals surface area (Å²) in [6, 6.07) is 14.0. The SMILES string of the molecule is CN1CCC2(CC1)CN(c1ccc(Nc3nc(Nc4ccccc4N(C)S(C)(=O)=O)c4cc[nH]c4n3)cc1F)C2. The van der Waals surface area contributed by atoms with Gasteiger partial charge in [0.2, 0.25) is 16.0 Å². The maximum Gasteiger partial charge on any atom is 0.232 e. The van der Waals surface area contributed by atoms with E-state index in [9.17, 15) is 8.42 Å². The molecule has 12 heteroatoms. The number of para-hydroxylation sites is 2. The summed E-state index contributed by atoms with van der Waals surface area (Å²) in [5, 5.41) is 7.11. The van der Waals surface area contributed by atoms with Crippen molar-refractivity contribution in [2.45, 2.75) is 12.8 Å². The van der Waals surface area contributed by atoms with Crippen LogP contribution in [0.3, 0.4) is 0 Å². The molecule has 4 heterocycles. The zero-order valence-corrected chi connectivity index (χ0v) is 23.6. The normalized spacial score (nSPS) is 17.1. The summed E-state index contributed by atoms with van der Waals surface area (Å²) in [6.07, 6.45) is 5.22. The Bertz CT molecular complexity index is 1660. The maximum absolute atomic E-state index is 15.2. The summed E-state index contributed by atoms with van der Waals surface area (Å²) >= 11 is 0. The van der Waals surface area contributed by atoms with E-state index in [2.05, 4.69) is 42.4 Å². The minimum absolute atomic E-state index is 0.271. The Morgan fingerprint density at radius 2 is 1.80 bits per heavy atom. The molecule has 0 aliphatic carbocycles. The van der Waals surface area contributed by atoms with Crippen molar-refractivity contribution in [2.75, 3.05) is 66.4 Å². The molecule has 40 heavy (non-hydrogen) atoms. The predicted octanol–water partition coefficient (Wildman–Crippen LogP) is 4.51. The van der Waals surface area contributed by atoms with E-state index < -0.39 is 10.0 Å². The van der Waals surface area contributed by atoms with Crippen LogP contribution in [0.1, 0.15) is 12.8 Å². The van der Waals surface area contributed by atoms with Crippen LogP contribution in [0, 0.1) is 11.2 Å². The first kappa shape index (κ1) is 26.3. The quantitative estimate of drug-likeness (QED) is 0.301. The van der Waals surface area contributed by atoms with Gasteiger partial charge in [-0.1, -0.05) is 12.1 Å². The van der Waals surface area contributed by atoms with E-state index in [0.29, 0.717) is 39.6 Å². The minimum atomic E-state index is -3.47. The lowest BCUT2D eigenvalue weighted by Gasteiger charge is -2.54. The van der Waals surface area contributed by atoms with Crippen LogP contribution in [0.4, 0.5) is 38.9 Å². The second kappa shape index (κ2) is 9.93. The summed E-state index contributed by atoms with van der Waals surface area (Å²) in [7, 11) is 0.183. The van der Waals surface area contributed by atoms with Crippen LogP contribution in [0.2, 0.25) is 0 Å². The summed E-state index contributed by atoms with van der Waals surface area (Å²) < 4.78 is 40.8. The van der Waals surface area contributed by atoms with Crippen molar-refractivity contribution in [3.8, 4) is 0 Å². The fourth-order valence-electron chi connectivity index (χ4n) is 5.57. The molecule has 0 radical (unpaired) electrons. The lowest BCUT2D eigenvalue weighted by Crippen LogP contribution is -2.60. The van der Waals surface area contributed by atoms with Crippen molar-refractivity contribution in [3.63, 3.8) is 0 Å².